The first kappa shape index (κ1) is 10.8. The number of nitrogen functional groups attached to an aromatic ring is 1. The summed E-state index contributed by atoms with van der Waals surface area (Å²) in [6.45, 7) is 4.50. The van der Waals surface area contributed by atoms with Crippen molar-refractivity contribution < 1.29 is 0 Å². The predicted octanol–water partition coefficient (Wildman–Crippen LogP) is 2.17. The summed E-state index contributed by atoms with van der Waals surface area (Å²) < 4.78 is 0. The number of nitrogens with zero attached hydrogens (tertiary/aromatic N) is 3. The van der Waals surface area contributed by atoms with Gasteiger partial charge in [0, 0.05) is 25.1 Å². The van der Waals surface area contributed by atoms with Crippen LogP contribution in [0.15, 0.2) is 6.07 Å². The second kappa shape index (κ2) is 4.17. The van der Waals surface area contributed by atoms with Crippen molar-refractivity contribution in [1.82, 2.24) is 9.97 Å². The van der Waals surface area contributed by atoms with Gasteiger partial charge in [-0.3, -0.25) is 0 Å². The van der Waals surface area contributed by atoms with Crippen molar-refractivity contribution in [3.05, 3.63) is 11.8 Å². The first-order valence-corrected chi connectivity index (χ1v) is 6.62. The SMILES string of the molecule is C[C@H]1CCCN(c2cc(C3CC3)nc(N)n2)C1. The van der Waals surface area contributed by atoms with Gasteiger partial charge in [-0.1, -0.05) is 6.92 Å². The van der Waals surface area contributed by atoms with Gasteiger partial charge in [0.05, 0.1) is 5.69 Å². The molecule has 1 aromatic heterocycles. The lowest BCUT2D eigenvalue weighted by Gasteiger charge is -2.32. The minimum atomic E-state index is 0.433. The Labute approximate surface area is 102 Å². The first-order valence-electron chi connectivity index (χ1n) is 6.62. The molecule has 1 saturated carbocycles. The molecule has 17 heavy (non-hydrogen) atoms. The van der Waals surface area contributed by atoms with Crippen LogP contribution in [0, 0.1) is 5.92 Å². The summed E-state index contributed by atoms with van der Waals surface area (Å²) in [5, 5.41) is 0. The molecule has 1 aliphatic carbocycles. The van der Waals surface area contributed by atoms with Crippen molar-refractivity contribution in [3.8, 4) is 0 Å². The zero-order valence-corrected chi connectivity index (χ0v) is 10.4. The molecule has 4 nitrogen and oxygen atoms in total. The Morgan fingerprint density at radius 2 is 2.12 bits per heavy atom. The van der Waals surface area contributed by atoms with Crippen LogP contribution in [-0.4, -0.2) is 23.1 Å². The second-order valence-corrected chi connectivity index (χ2v) is 5.48. The smallest absolute Gasteiger partial charge is 0.222 e. The van der Waals surface area contributed by atoms with Gasteiger partial charge in [-0.25, -0.2) is 4.98 Å². The molecule has 2 aliphatic rings. The quantitative estimate of drug-likeness (QED) is 0.849. The van der Waals surface area contributed by atoms with Crippen LogP contribution in [-0.2, 0) is 0 Å². The van der Waals surface area contributed by atoms with Crippen LogP contribution in [0.2, 0.25) is 0 Å². The van der Waals surface area contributed by atoms with Crippen molar-refractivity contribution in [2.75, 3.05) is 23.7 Å². The van der Waals surface area contributed by atoms with Crippen molar-refractivity contribution >= 4 is 11.8 Å². The maximum atomic E-state index is 5.82. The molecular weight excluding hydrogens is 212 g/mol. The summed E-state index contributed by atoms with van der Waals surface area (Å²) in [6.07, 6.45) is 5.09. The Hall–Kier alpha value is -1.32. The highest BCUT2D eigenvalue weighted by atomic mass is 15.2. The lowest BCUT2D eigenvalue weighted by Crippen LogP contribution is -2.35. The van der Waals surface area contributed by atoms with E-state index in [1.807, 2.05) is 0 Å². The van der Waals surface area contributed by atoms with E-state index in [1.165, 1.54) is 25.7 Å². The molecule has 2 N–H and O–H groups in total. The van der Waals surface area contributed by atoms with E-state index in [-0.39, 0.29) is 0 Å². The highest BCUT2D eigenvalue weighted by molar-refractivity contribution is 5.45. The molecule has 1 aliphatic heterocycles. The molecule has 0 unspecified atom stereocenters. The second-order valence-electron chi connectivity index (χ2n) is 5.48. The fourth-order valence-electron chi connectivity index (χ4n) is 2.62. The van der Waals surface area contributed by atoms with Crippen LogP contribution in [0.3, 0.4) is 0 Å². The molecular formula is C13H20N4. The Kier molecular flexibility index (Phi) is 2.65. The fraction of sp³-hybridized carbons (Fsp3) is 0.692. The molecule has 0 radical (unpaired) electrons. The van der Waals surface area contributed by atoms with Gasteiger partial charge in [0.2, 0.25) is 5.95 Å². The van der Waals surface area contributed by atoms with Crippen molar-refractivity contribution in [2.45, 2.75) is 38.5 Å². The van der Waals surface area contributed by atoms with E-state index < -0.39 is 0 Å². The topological polar surface area (TPSA) is 55.0 Å². The van der Waals surface area contributed by atoms with Crippen LogP contribution in [0.25, 0.3) is 0 Å². The molecule has 92 valence electrons. The summed E-state index contributed by atoms with van der Waals surface area (Å²) in [6, 6.07) is 2.14. The molecule has 0 spiro atoms. The Bertz CT molecular complexity index is 414. The summed E-state index contributed by atoms with van der Waals surface area (Å²) in [4.78, 5) is 11.1. The van der Waals surface area contributed by atoms with Gasteiger partial charge in [0.1, 0.15) is 5.82 Å². The highest BCUT2D eigenvalue weighted by Gasteiger charge is 2.27. The molecule has 1 saturated heterocycles. The summed E-state index contributed by atoms with van der Waals surface area (Å²) in [5.41, 5.74) is 6.96. The number of rotatable bonds is 2. The zero-order valence-electron chi connectivity index (χ0n) is 10.4. The largest absolute Gasteiger partial charge is 0.368 e. The van der Waals surface area contributed by atoms with E-state index in [0.29, 0.717) is 11.9 Å². The van der Waals surface area contributed by atoms with Gasteiger partial charge in [0.15, 0.2) is 0 Å². The predicted molar refractivity (Wildman–Crippen MR) is 69.0 cm³/mol. The molecule has 1 aromatic rings. The van der Waals surface area contributed by atoms with Crippen LogP contribution in [0.1, 0.15) is 44.2 Å². The monoisotopic (exact) mass is 232 g/mol. The van der Waals surface area contributed by atoms with E-state index in [1.54, 1.807) is 0 Å². The molecule has 0 bridgehead atoms. The van der Waals surface area contributed by atoms with Crippen LogP contribution >= 0.6 is 0 Å². The van der Waals surface area contributed by atoms with Crippen LogP contribution in [0.4, 0.5) is 11.8 Å². The molecule has 1 atom stereocenters. The van der Waals surface area contributed by atoms with Crippen molar-refractivity contribution in [2.24, 2.45) is 5.92 Å². The average molecular weight is 232 g/mol. The zero-order chi connectivity index (χ0) is 11.8. The minimum Gasteiger partial charge on any atom is -0.368 e. The first-order chi connectivity index (χ1) is 8.22. The number of piperidine rings is 1. The molecule has 3 rings (SSSR count). The summed E-state index contributed by atoms with van der Waals surface area (Å²) >= 11 is 0. The van der Waals surface area contributed by atoms with E-state index in [2.05, 4.69) is 27.9 Å². The third-order valence-corrected chi connectivity index (χ3v) is 3.73. The number of aromatic nitrogens is 2. The van der Waals surface area contributed by atoms with Gasteiger partial charge in [-0.2, -0.15) is 4.98 Å². The van der Waals surface area contributed by atoms with Gasteiger partial charge in [-0.15, -0.1) is 0 Å². The maximum Gasteiger partial charge on any atom is 0.222 e. The Morgan fingerprint density at radius 1 is 1.29 bits per heavy atom. The van der Waals surface area contributed by atoms with Crippen molar-refractivity contribution in [1.29, 1.82) is 0 Å². The van der Waals surface area contributed by atoms with Crippen LogP contribution in [0.5, 0.6) is 0 Å². The number of nitrogens with two attached hydrogens (primary N) is 1. The van der Waals surface area contributed by atoms with Crippen LogP contribution < -0.4 is 10.6 Å². The van der Waals surface area contributed by atoms with E-state index in [0.717, 1.165) is 30.5 Å². The Morgan fingerprint density at radius 3 is 2.82 bits per heavy atom. The highest BCUT2D eigenvalue weighted by Crippen LogP contribution is 2.40. The standard InChI is InChI=1S/C13H20N4/c1-9-3-2-6-17(8-9)12-7-11(10-4-5-10)15-13(14)16-12/h7,9-10H,2-6,8H2,1H3,(H2,14,15,16)/t9-/m0/s1. The van der Waals surface area contributed by atoms with Gasteiger partial charge in [0.25, 0.3) is 0 Å². The number of anilines is 2. The molecule has 2 fully saturated rings. The fourth-order valence-corrected chi connectivity index (χ4v) is 2.62. The van der Waals surface area contributed by atoms with Gasteiger partial charge >= 0.3 is 0 Å². The lowest BCUT2D eigenvalue weighted by molar-refractivity contribution is 0.444. The van der Waals surface area contributed by atoms with Gasteiger partial charge in [-0.05, 0) is 31.6 Å². The minimum absolute atomic E-state index is 0.433. The summed E-state index contributed by atoms with van der Waals surface area (Å²) in [7, 11) is 0. The molecule has 4 heteroatoms. The molecule has 0 amide bonds. The molecule has 2 heterocycles. The molecule has 0 aromatic carbocycles. The van der Waals surface area contributed by atoms with Gasteiger partial charge < -0.3 is 10.6 Å². The number of hydrogen-bond acceptors (Lipinski definition) is 4. The lowest BCUT2D eigenvalue weighted by atomic mass is 10.0. The van der Waals surface area contributed by atoms with Crippen molar-refractivity contribution in [3.63, 3.8) is 0 Å². The van der Waals surface area contributed by atoms with E-state index >= 15 is 0 Å². The number of hydrogen-bond donors (Lipinski definition) is 1. The Balaban J connectivity index is 1.85. The normalized spacial score (nSPS) is 25.0. The summed E-state index contributed by atoms with van der Waals surface area (Å²) in [5.74, 6) is 2.86. The maximum absolute atomic E-state index is 5.82. The average Bonchev–Trinajstić information content (AvgIpc) is 3.12. The van der Waals surface area contributed by atoms with E-state index in [4.69, 9.17) is 5.73 Å². The third-order valence-electron chi connectivity index (χ3n) is 3.73. The third kappa shape index (κ3) is 2.35. The van der Waals surface area contributed by atoms with E-state index in [9.17, 15) is 0 Å².